The number of amides is 1. The van der Waals surface area contributed by atoms with Crippen LogP contribution in [0.3, 0.4) is 0 Å². The van der Waals surface area contributed by atoms with Crippen molar-refractivity contribution < 1.29 is 14.3 Å². The SMILES string of the molecule is COc1cc(CNCCCN2CCCC2=O)cc(Br)c1OCc1c(Cl)cccc1Cl. The number of nitrogens with one attached hydrogen (secondary N) is 1. The lowest BCUT2D eigenvalue weighted by atomic mass is 10.2. The maximum atomic E-state index is 11.6. The molecule has 5 nitrogen and oxygen atoms in total. The average Bonchev–Trinajstić information content (AvgIpc) is 3.13. The molecular weight excluding hydrogens is 491 g/mol. The molecule has 1 aliphatic heterocycles. The van der Waals surface area contributed by atoms with E-state index >= 15 is 0 Å². The van der Waals surface area contributed by atoms with Crippen LogP contribution in [0.1, 0.15) is 30.4 Å². The molecule has 1 aliphatic rings. The number of ether oxygens (including phenoxy) is 2. The Balaban J connectivity index is 1.55. The summed E-state index contributed by atoms with van der Waals surface area (Å²) in [6, 6.07) is 9.32. The highest BCUT2D eigenvalue weighted by Crippen LogP contribution is 2.38. The molecule has 1 heterocycles. The Kier molecular flexibility index (Phi) is 8.69. The van der Waals surface area contributed by atoms with Crippen LogP contribution in [0, 0.1) is 0 Å². The number of hydrogen-bond acceptors (Lipinski definition) is 4. The maximum Gasteiger partial charge on any atom is 0.222 e. The van der Waals surface area contributed by atoms with Crippen molar-refractivity contribution in [1.82, 2.24) is 10.2 Å². The maximum absolute atomic E-state index is 11.6. The predicted molar refractivity (Wildman–Crippen MR) is 124 cm³/mol. The minimum absolute atomic E-state index is 0.236. The van der Waals surface area contributed by atoms with Crippen molar-refractivity contribution in [3.05, 3.63) is 56.0 Å². The van der Waals surface area contributed by atoms with Crippen LogP contribution in [0.15, 0.2) is 34.8 Å². The highest BCUT2D eigenvalue weighted by molar-refractivity contribution is 9.10. The highest BCUT2D eigenvalue weighted by Gasteiger charge is 2.19. The summed E-state index contributed by atoms with van der Waals surface area (Å²) in [6.07, 6.45) is 2.61. The van der Waals surface area contributed by atoms with E-state index in [1.807, 2.05) is 17.0 Å². The van der Waals surface area contributed by atoms with Gasteiger partial charge in [0.05, 0.1) is 11.6 Å². The van der Waals surface area contributed by atoms with Crippen molar-refractivity contribution >= 4 is 45.0 Å². The number of methoxy groups -OCH3 is 1. The third-order valence-electron chi connectivity index (χ3n) is 4.99. The first-order chi connectivity index (χ1) is 14.5. The summed E-state index contributed by atoms with van der Waals surface area (Å²) in [7, 11) is 1.61. The summed E-state index contributed by atoms with van der Waals surface area (Å²) in [5.41, 5.74) is 1.80. The molecule has 1 fully saturated rings. The number of likely N-dealkylation sites (tertiary alicyclic amines) is 1. The third-order valence-corrected chi connectivity index (χ3v) is 6.29. The first-order valence-electron chi connectivity index (χ1n) is 9.90. The average molecular weight is 516 g/mol. The van der Waals surface area contributed by atoms with E-state index in [9.17, 15) is 4.79 Å². The van der Waals surface area contributed by atoms with Crippen LogP contribution < -0.4 is 14.8 Å². The van der Waals surface area contributed by atoms with Crippen LogP contribution in [0.4, 0.5) is 0 Å². The topological polar surface area (TPSA) is 50.8 Å². The number of rotatable bonds is 10. The molecule has 1 amide bonds. The molecule has 0 saturated carbocycles. The Morgan fingerprint density at radius 3 is 2.67 bits per heavy atom. The first kappa shape index (κ1) is 23.2. The molecule has 2 aromatic rings. The molecule has 3 rings (SSSR count). The van der Waals surface area contributed by atoms with E-state index in [-0.39, 0.29) is 12.5 Å². The smallest absolute Gasteiger partial charge is 0.222 e. The molecule has 0 unspecified atom stereocenters. The quantitative estimate of drug-likeness (QED) is 0.428. The Hall–Kier alpha value is -1.47. The van der Waals surface area contributed by atoms with Gasteiger partial charge < -0.3 is 19.7 Å². The second kappa shape index (κ2) is 11.2. The molecule has 0 spiro atoms. The first-order valence-corrected chi connectivity index (χ1v) is 11.4. The molecule has 1 saturated heterocycles. The van der Waals surface area contributed by atoms with Crippen LogP contribution >= 0.6 is 39.1 Å². The lowest BCUT2D eigenvalue weighted by molar-refractivity contribution is -0.127. The zero-order chi connectivity index (χ0) is 21.5. The van der Waals surface area contributed by atoms with Gasteiger partial charge in [-0.1, -0.05) is 29.3 Å². The van der Waals surface area contributed by atoms with Gasteiger partial charge in [0.25, 0.3) is 0 Å². The van der Waals surface area contributed by atoms with Crippen molar-refractivity contribution in [1.29, 1.82) is 0 Å². The zero-order valence-electron chi connectivity index (χ0n) is 16.8. The molecule has 0 aliphatic carbocycles. The molecule has 0 aromatic heterocycles. The van der Waals surface area contributed by atoms with Gasteiger partial charge in [0.2, 0.25) is 5.91 Å². The summed E-state index contributed by atoms with van der Waals surface area (Å²) in [4.78, 5) is 13.6. The van der Waals surface area contributed by atoms with E-state index in [1.165, 1.54) is 0 Å². The van der Waals surface area contributed by atoms with Gasteiger partial charge in [-0.25, -0.2) is 0 Å². The zero-order valence-corrected chi connectivity index (χ0v) is 19.9. The van der Waals surface area contributed by atoms with Gasteiger partial charge in [-0.3, -0.25) is 4.79 Å². The largest absolute Gasteiger partial charge is 0.493 e. The fraction of sp³-hybridized carbons (Fsp3) is 0.409. The standard InChI is InChI=1S/C22H25BrCl2N2O3/c1-29-20-12-15(13-26-8-4-10-27-9-3-7-21(27)28)11-17(23)22(20)30-14-16-18(24)5-2-6-19(16)25/h2,5-6,11-12,26H,3-4,7-10,13-14H2,1H3. The summed E-state index contributed by atoms with van der Waals surface area (Å²) < 4.78 is 12.3. The Bertz CT molecular complexity index is 875. The summed E-state index contributed by atoms with van der Waals surface area (Å²) in [5.74, 6) is 1.51. The van der Waals surface area contributed by atoms with E-state index in [4.69, 9.17) is 32.7 Å². The van der Waals surface area contributed by atoms with Gasteiger partial charge in [0.15, 0.2) is 11.5 Å². The predicted octanol–water partition coefficient (Wildman–Crippen LogP) is 5.45. The fourth-order valence-corrected chi connectivity index (χ4v) is 4.51. The van der Waals surface area contributed by atoms with Gasteiger partial charge in [-0.05, 0) is 65.1 Å². The van der Waals surface area contributed by atoms with Gasteiger partial charge in [0, 0.05) is 41.7 Å². The molecule has 162 valence electrons. The van der Waals surface area contributed by atoms with Crippen molar-refractivity contribution in [2.45, 2.75) is 32.4 Å². The fourth-order valence-electron chi connectivity index (χ4n) is 3.40. The number of halogens is 3. The van der Waals surface area contributed by atoms with Gasteiger partial charge in [-0.2, -0.15) is 0 Å². The summed E-state index contributed by atoms with van der Waals surface area (Å²) in [5, 5.41) is 4.55. The van der Waals surface area contributed by atoms with Crippen LogP contribution in [-0.2, 0) is 17.9 Å². The van der Waals surface area contributed by atoms with E-state index in [2.05, 4.69) is 21.2 Å². The third kappa shape index (κ3) is 6.03. The number of carbonyl (C=O) groups is 1. The van der Waals surface area contributed by atoms with Crippen LogP contribution in [0.2, 0.25) is 10.0 Å². The number of nitrogens with zero attached hydrogens (tertiary/aromatic N) is 1. The second-order valence-corrected chi connectivity index (χ2v) is 8.78. The second-order valence-electron chi connectivity index (χ2n) is 7.11. The monoisotopic (exact) mass is 514 g/mol. The summed E-state index contributed by atoms with van der Waals surface area (Å²) >= 11 is 16.0. The van der Waals surface area contributed by atoms with E-state index < -0.39 is 0 Å². The van der Waals surface area contributed by atoms with Crippen molar-refractivity contribution in [2.75, 3.05) is 26.7 Å². The van der Waals surface area contributed by atoms with Crippen LogP contribution in [0.5, 0.6) is 11.5 Å². The van der Waals surface area contributed by atoms with Gasteiger partial charge in [-0.15, -0.1) is 0 Å². The van der Waals surface area contributed by atoms with E-state index in [0.717, 1.165) is 48.1 Å². The minimum Gasteiger partial charge on any atom is -0.493 e. The number of carbonyl (C=O) groups excluding carboxylic acids is 1. The lowest BCUT2D eigenvalue weighted by Crippen LogP contribution is -2.28. The Morgan fingerprint density at radius 2 is 2.00 bits per heavy atom. The lowest BCUT2D eigenvalue weighted by Gasteiger charge is -2.17. The molecule has 8 heteroatoms. The number of hydrogen-bond donors (Lipinski definition) is 1. The van der Waals surface area contributed by atoms with Gasteiger partial charge in [0.1, 0.15) is 6.61 Å². The van der Waals surface area contributed by atoms with Crippen LogP contribution in [-0.4, -0.2) is 37.6 Å². The van der Waals surface area contributed by atoms with Gasteiger partial charge >= 0.3 is 0 Å². The van der Waals surface area contributed by atoms with E-state index in [1.54, 1.807) is 25.3 Å². The molecule has 30 heavy (non-hydrogen) atoms. The van der Waals surface area contributed by atoms with Crippen molar-refractivity contribution in [3.63, 3.8) is 0 Å². The Morgan fingerprint density at radius 1 is 1.23 bits per heavy atom. The van der Waals surface area contributed by atoms with E-state index in [0.29, 0.717) is 34.5 Å². The van der Waals surface area contributed by atoms with Crippen molar-refractivity contribution in [3.8, 4) is 11.5 Å². The van der Waals surface area contributed by atoms with Crippen LogP contribution in [0.25, 0.3) is 0 Å². The summed E-state index contributed by atoms with van der Waals surface area (Å²) in [6.45, 7) is 3.48. The molecule has 1 N–H and O–H groups in total. The van der Waals surface area contributed by atoms with Crippen molar-refractivity contribution in [2.24, 2.45) is 0 Å². The molecule has 2 aromatic carbocycles. The Labute approximate surface area is 195 Å². The highest BCUT2D eigenvalue weighted by atomic mass is 79.9. The molecular formula is C22H25BrCl2N2O3. The minimum atomic E-state index is 0.236. The molecule has 0 radical (unpaired) electrons. The molecule has 0 atom stereocenters. The number of benzene rings is 2. The molecule has 0 bridgehead atoms. The normalized spacial score (nSPS) is 13.7.